The number of hydrogen-bond acceptors (Lipinski definition) is 4. The molecule has 1 saturated heterocycles. The van der Waals surface area contributed by atoms with Crippen molar-refractivity contribution in [2.75, 3.05) is 40.0 Å². The van der Waals surface area contributed by atoms with Gasteiger partial charge in [0.2, 0.25) is 0 Å². The maximum atomic E-state index is 12.7. The normalized spacial score (nSPS) is 18.6. The molecule has 0 spiro atoms. The van der Waals surface area contributed by atoms with Crippen molar-refractivity contribution < 1.29 is 9.53 Å². The predicted molar refractivity (Wildman–Crippen MR) is 80.0 cm³/mol. The molecule has 0 aliphatic carbocycles. The largest absolute Gasteiger partial charge is 0.496 e. The third-order valence-corrected chi connectivity index (χ3v) is 3.67. The second kappa shape index (κ2) is 6.13. The number of rotatable bonds is 4. The molecule has 1 aliphatic heterocycles. The van der Waals surface area contributed by atoms with Crippen LogP contribution in [-0.4, -0.2) is 56.0 Å². The van der Waals surface area contributed by atoms with E-state index in [0.717, 1.165) is 25.9 Å². The number of likely N-dealkylation sites (tertiary alicyclic amines) is 1. The summed E-state index contributed by atoms with van der Waals surface area (Å²) < 4.78 is 5.29. The molecule has 20 heavy (non-hydrogen) atoms. The molecule has 2 N–H and O–H groups in total. The predicted octanol–water partition coefficient (Wildman–Crippen LogP) is 1.44. The number of ether oxygens (including phenoxy) is 1. The van der Waals surface area contributed by atoms with Gasteiger partial charge < -0.3 is 20.3 Å². The molecule has 5 nitrogen and oxygen atoms in total. The Labute approximate surface area is 120 Å². The molecule has 1 aromatic rings. The zero-order valence-electron chi connectivity index (χ0n) is 12.4. The summed E-state index contributed by atoms with van der Waals surface area (Å²) in [7, 11) is 5.63. The number of hydrogen-bond donors (Lipinski definition) is 1. The van der Waals surface area contributed by atoms with Crippen molar-refractivity contribution in [2.24, 2.45) is 0 Å². The average Bonchev–Trinajstić information content (AvgIpc) is 2.85. The van der Waals surface area contributed by atoms with Crippen LogP contribution in [0.2, 0.25) is 0 Å². The summed E-state index contributed by atoms with van der Waals surface area (Å²) in [6, 6.07) is 5.47. The molecule has 110 valence electrons. The lowest BCUT2D eigenvalue weighted by atomic mass is 10.1. The number of nitrogens with two attached hydrogens (primary N) is 1. The zero-order valence-corrected chi connectivity index (χ0v) is 12.4. The molecule has 1 fully saturated rings. The fourth-order valence-corrected chi connectivity index (χ4v) is 2.75. The van der Waals surface area contributed by atoms with Crippen molar-refractivity contribution in [1.29, 1.82) is 0 Å². The molecule has 1 unspecified atom stereocenters. The van der Waals surface area contributed by atoms with Gasteiger partial charge in [0, 0.05) is 30.9 Å². The van der Waals surface area contributed by atoms with Gasteiger partial charge in [0.05, 0.1) is 12.7 Å². The number of benzene rings is 1. The standard InChI is InChI=1S/C15H23N3O2/c1-17(2)10-12-5-4-8-18(12)15(19)13-7-6-11(16)9-14(13)20-3/h6-7,9,12H,4-5,8,10,16H2,1-3H3. The van der Waals surface area contributed by atoms with Gasteiger partial charge in [-0.05, 0) is 39.1 Å². The summed E-state index contributed by atoms with van der Waals surface area (Å²) in [6.45, 7) is 1.70. The lowest BCUT2D eigenvalue weighted by molar-refractivity contribution is 0.0713. The van der Waals surface area contributed by atoms with Gasteiger partial charge in [-0.2, -0.15) is 0 Å². The molecule has 1 atom stereocenters. The maximum absolute atomic E-state index is 12.7. The Kier molecular flexibility index (Phi) is 4.49. The van der Waals surface area contributed by atoms with Gasteiger partial charge in [0.25, 0.3) is 5.91 Å². The molecular formula is C15H23N3O2. The zero-order chi connectivity index (χ0) is 14.7. The number of nitrogen functional groups attached to an aromatic ring is 1. The molecule has 1 heterocycles. The van der Waals surface area contributed by atoms with Crippen molar-refractivity contribution in [3.05, 3.63) is 23.8 Å². The monoisotopic (exact) mass is 277 g/mol. The molecule has 1 aliphatic rings. The minimum Gasteiger partial charge on any atom is -0.496 e. The molecule has 5 heteroatoms. The van der Waals surface area contributed by atoms with E-state index in [1.54, 1.807) is 25.3 Å². The van der Waals surface area contributed by atoms with E-state index in [-0.39, 0.29) is 11.9 Å². The van der Waals surface area contributed by atoms with Crippen molar-refractivity contribution in [1.82, 2.24) is 9.80 Å². The summed E-state index contributed by atoms with van der Waals surface area (Å²) in [4.78, 5) is 16.8. The molecule has 0 saturated carbocycles. The number of carbonyl (C=O) groups excluding carboxylic acids is 1. The van der Waals surface area contributed by atoms with Crippen LogP contribution in [0.5, 0.6) is 5.75 Å². The second-order valence-corrected chi connectivity index (χ2v) is 5.52. The van der Waals surface area contributed by atoms with Gasteiger partial charge in [-0.3, -0.25) is 4.79 Å². The molecule has 2 rings (SSSR count). The van der Waals surface area contributed by atoms with Gasteiger partial charge in [-0.25, -0.2) is 0 Å². The Hall–Kier alpha value is -1.75. The van der Waals surface area contributed by atoms with Crippen molar-refractivity contribution in [3.63, 3.8) is 0 Å². The maximum Gasteiger partial charge on any atom is 0.257 e. The van der Waals surface area contributed by atoms with Crippen LogP contribution in [0.3, 0.4) is 0 Å². The van der Waals surface area contributed by atoms with E-state index < -0.39 is 0 Å². The number of carbonyl (C=O) groups is 1. The highest BCUT2D eigenvalue weighted by atomic mass is 16.5. The van der Waals surface area contributed by atoms with E-state index in [2.05, 4.69) is 4.90 Å². The Bertz CT molecular complexity index is 488. The summed E-state index contributed by atoms with van der Waals surface area (Å²) in [5.41, 5.74) is 6.93. The first-order valence-corrected chi connectivity index (χ1v) is 6.92. The molecular weight excluding hydrogens is 254 g/mol. The number of likely N-dealkylation sites (N-methyl/N-ethyl adjacent to an activating group) is 1. The van der Waals surface area contributed by atoms with Gasteiger partial charge in [-0.15, -0.1) is 0 Å². The van der Waals surface area contributed by atoms with Gasteiger partial charge in [0.1, 0.15) is 5.75 Å². The Morgan fingerprint density at radius 3 is 2.90 bits per heavy atom. The number of amides is 1. The first kappa shape index (κ1) is 14.7. The van der Waals surface area contributed by atoms with Crippen LogP contribution in [-0.2, 0) is 0 Å². The summed E-state index contributed by atoms with van der Waals surface area (Å²) in [5.74, 6) is 0.580. The highest BCUT2D eigenvalue weighted by Gasteiger charge is 2.30. The van der Waals surface area contributed by atoms with E-state index in [0.29, 0.717) is 17.0 Å². The van der Waals surface area contributed by atoms with E-state index in [4.69, 9.17) is 10.5 Å². The van der Waals surface area contributed by atoms with Crippen LogP contribution in [0.4, 0.5) is 5.69 Å². The van der Waals surface area contributed by atoms with Crippen LogP contribution in [0.1, 0.15) is 23.2 Å². The van der Waals surface area contributed by atoms with Gasteiger partial charge in [-0.1, -0.05) is 0 Å². The fraction of sp³-hybridized carbons (Fsp3) is 0.533. The van der Waals surface area contributed by atoms with Gasteiger partial charge in [0.15, 0.2) is 0 Å². The van der Waals surface area contributed by atoms with Crippen LogP contribution in [0, 0.1) is 0 Å². The number of methoxy groups -OCH3 is 1. The Balaban J connectivity index is 2.22. The highest BCUT2D eigenvalue weighted by Crippen LogP contribution is 2.27. The molecule has 0 aromatic heterocycles. The van der Waals surface area contributed by atoms with Crippen molar-refractivity contribution >= 4 is 11.6 Å². The smallest absolute Gasteiger partial charge is 0.257 e. The topological polar surface area (TPSA) is 58.8 Å². The second-order valence-electron chi connectivity index (χ2n) is 5.52. The lowest BCUT2D eigenvalue weighted by Crippen LogP contribution is -2.41. The highest BCUT2D eigenvalue weighted by molar-refractivity contribution is 5.97. The van der Waals surface area contributed by atoms with Crippen molar-refractivity contribution in [3.8, 4) is 5.75 Å². The van der Waals surface area contributed by atoms with E-state index in [1.165, 1.54) is 0 Å². The first-order chi connectivity index (χ1) is 9.52. The van der Waals surface area contributed by atoms with Crippen LogP contribution in [0.15, 0.2) is 18.2 Å². The van der Waals surface area contributed by atoms with E-state index >= 15 is 0 Å². The third-order valence-electron chi connectivity index (χ3n) is 3.67. The summed E-state index contributed by atoms with van der Waals surface area (Å²) >= 11 is 0. The third kappa shape index (κ3) is 3.04. The summed E-state index contributed by atoms with van der Waals surface area (Å²) in [5, 5.41) is 0. The van der Waals surface area contributed by atoms with Crippen LogP contribution in [0.25, 0.3) is 0 Å². The quantitative estimate of drug-likeness (QED) is 0.846. The minimum absolute atomic E-state index is 0.0335. The molecule has 0 bridgehead atoms. The van der Waals surface area contributed by atoms with Crippen LogP contribution < -0.4 is 10.5 Å². The Morgan fingerprint density at radius 1 is 1.50 bits per heavy atom. The summed E-state index contributed by atoms with van der Waals surface area (Å²) in [6.07, 6.45) is 2.11. The number of anilines is 1. The van der Waals surface area contributed by atoms with Crippen molar-refractivity contribution in [2.45, 2.75) is 18.9 Å². The first-order valence-electron chi connectivity index (χ1n) is 6.92. The van der Waals surface area contributed by atoms with Gasteiger partial charge >= 0.3 is 0 Å². The lowest BCUT2D eigenvalue weighted by Gasteiger charge is -2.27. The van der Waals surface area contributed by atoms with Crippen LogP contribution >= 0.6 is 0 Å². The molecule has 0 radical (unpaired) electrons. The van der Waals surface area contributed by atoms with E-state index in [1.807, 2.05) is 19.0 Å². The Morgan fingerprint density at radius 2 is 2.25 bits per heavy atom. The number of nitrogens with zero attached hydrogens (tertiary/aromatic N) is 2. The fourth-order valence-electron chi connectivity index (χ4n) is 2.75. The van der Waals surface area contributed by atoms with E-state index in [9.17, 15) is 4.79 Å². The molecule has 1 amide bonds. The average molecular weight is 277 g/mol. The minimum atomic E-state index is 0.0335. The molecule has 1 aromatic carbocycles. The SMILES string of the molecule is COc1cc(N)ccc1C(=O)N1CCCC1CN(C)C.